The molecule has 0 bridgehead atoms. The standard InChI is InChI=1S/C14H22N4O2/c1-2-10(18-9-5-6-11(18)19)12-16-13(17-20-12)14(15)7-3-4-8-14/h10H,2-9,15H2,1H3. The van der Waals surface area contributed by atoms with Crippen LogP contribution >= 0.6 is 0 Å². The van der Waals surface area contributed by atoms with Crippen molar-refractivity contribution in [2.45, 2.75) is 63.5 Å². The van der Waals surface area contributed by atoms with Crippen molar-refractivity contribution in [1.29, 1.82) is 0 Å². The van der Waals surface area contributed by atoms with Crippen molar-refractivity contribution in [2.75, 3.05) is 6.54 Å². The van der Waals surface area contributed by atoms with Crippen LogP contribution in [-0.2, 0) is 10.3 Å². The Bertz CT molecular complexity index is 493. The second kappa shape index (κ2) is 5.16. The van der Waals surface area contributed by atoms with E-state index in [0.717, 1.165) is 45.1 Å². The highest BCUT2D eigenvalue weighted by molar-refractivity contribution is 5.78. The molecule has 1 aliphatic carbocycles. The van der Waals surface area contributed by atoms with Gasteiger partial charge < -0.3 is 15.2 Å². The van der Waals surface area contributed by atoms with Gasteiger partial charge in [-0.3, -0.25) is 4.79 Å². The third-order valence-electron chi connectivity index (χ3n) is 4.54. The molecular weight excluding hydrogens is 256 g/mol. The Morgan fingerprint density at radius 1 is 1.40 bits per heavy atom. The van der Waals surface area contributed by atoms with Crippen LogP contribution in [0.25, 0.3) is 0 Å². The molecule has 2 heterocycles. The first kappa shape index (κ1) is 13.5. The van der Waals surface area contributed by atoms with E-state index in [2.05, 4.69) is 10.1 Å². The summed E-state index contributed by atoms with van der Waals surface area (Å²) in [7, 11) is 0. The second-order valence-corrected chi connectivity index (χ2v) is 5.93. The van der Waals surface area contributed by atoms with Gasteiger partial charge in [-0.2, -0.15) is 4.98 Å². The van der Waals surface area contributed by atoms with Crippen LogP contribution in [0.5, 0.6) is 0 Å². The summed E-state index contributed by atoms with van der Waals surface area (Å²) in [5.74, 6) is 1.32. The molecule has 1 aromatic rings. The zero-order valence-corrected chi connectivity index (χ0v) is 12.0. The van der Waals surface area contributed by atoms with Gasteiger partial charge in [0.05, 0.1) is 5.54 Å². The van der Waals surface area contributed by atoms with Crippen LogP contribution in [0.4, 0.5) is 0 Å². The molecular formula is C14H22N4O2. The number of aromatic nitrogens is 2. The third kappa shape index (κ3) is 2.22. The fourth-order valence-corrected chi connectivity index (χ4v) is 3.33. The average Bonchev–Trinajstić information content (AvgIpc) is 3.14. The molecule has 6 heteroatoms. The normalized spacial score (nSPS) is 23.5. The van der Waals surface area contributed by atoms with Gasteiger partial charge in [0, 0.05) is 13.0 Å². The number of rotatable bonds is 4. The number of carbonyl (C=O) groups excluding carboxylic acids is 1. The highest BCUT2D eigenvalue weighted by atomic mass is 16.5. The molecule has 1 aromatic heterocycles. The Morgan fingerprint density at radius 2 is 2.15 bits per heavy atom. The Hall–Kier alpha value is -1.43. The minimum atomic E-state index is -0.435. The highest BCUT2D eigenvalue weighted by Crippen LogP contribution is 2.36. The molecule has 6 nitrogen and oxygen atoms in total. The maximum absolute atomic E-state index is 11.9. The van der Waals surface area contributed by atoms with Crippen LogP contribution in [-0.4, -0.2) is 27.5 Å². The molecule has 0 aromatic carbocycles. The van der Waals surface area contributed by atoms with Gasteiger partial charge in [-0.05, 0) is 25.7 Å². The molecule has 2 N–H and O–H groups in total. The minimum Gasteiger partial charge on any atom is -0.337 e. The van der Waals surface area contributed by atoms with E-state index in [0.29, 0.717) is 18.1 Å². The molecule has 3 rings (SSSR count). The summed E-state index contributed by atoms with van der Waals surface area (Å²) in [5, 5.41) is 4.09. The molecule has 1 atom stereocenters. The van der Waals surface area contributed by atoms with Crippen molar-refractivity contribution >= 4 is 5.91 Å². The lowest BCUT2D eigenvalue weighted by atomic mass is 9.98. The average molecular weight is 278 g/mol. The van der Waals surface area contributed by atoms with Crippen LogP contribution in [0.3, 0.4) is 0 Å². The number of likely N-dealkylation sites (tertiary alicyclic amines) is 1. The summed E-state index contributed by atoms with van der Waals surface area (Å²) < 4.78 is 5.42. The van der Waals surface area contributed by atoms with Gasteiger partial charge in [0.1, 0.15) is 6.04 Å². The van der Waals surface area contributed by atoms with E-state index < -0.39 is 5.54 Å². The monoisotopic (exact) mass is 278 g/mol. The maximum Gasteiger partial charge on any atom is 0.249 e. The van der Waals surface area contributed by atoms with Crippen molar-refractivity contribution in [3.8, 4) is 0 Å². The van der Waals surface area contributed by atoms with Gasteiger partial charge in [0.2, 0.25) is 11.8 Å². The van der Waals surface area contributed by atoms with E-state index in [9.17, 15) is 4.79 Å². The number of amides is 1. The minimum absolute atomic E-state index is 0.101. The maximum atomic E-state index is 11.9. The molecule has 0 radical (unpaired) electrons. The summed E-state index contributed by atoms with van der Waals surface area (Å²) in [6.45, 7) is 2.82. The molecule has 20 heavy (non-hydrogen) atoms. The van der Waals surface area contributed by atoms with E-state index in [-0.39, 0.29) is 11.9 Å². The number of nitrogens with zero attached hydrogens (tertiary/aromatic N) is 3. The predicted octanol–water partition coefficient (Wildman–Crippen LogP) is 1.87. The zero-order valence-electron chi connectivity index (χ0n) is 12.0. The van der Waals surface area contributed by atoms with Gasteiger partial charge in [0.25, 0.3) is 0 Å². The first-order valence-electron chi connectivity index (χ1n) is 7.56. The molecule has 0 spiro atoms. The van der Waals surface area contributed by atoms with E-state index in [1.54, 1.807) is 0 Å². The summed E-state index contributed by atoms with van der Waals surface area (Å²) in [6.07, 6.45) is 6.36. The molecule has 1 saturated heterocycles. The highest BCUT2D eigenvalue weighted by Gasteiger charge is 2.38. The fraction of sp³-hybridized carbons (Fsp3) is 0.786. The lowest BCUT2D eigenvalue weighted by Gasteiger charge is -2.23. The van der Waals surface area contributed by atoms with Crippen LogP contribution in [0.15, 0.2) is 4.52 Å². The van der Waals surface area contributed by atoms with Gasteiger partial charge in [-0.1, -0.05) is 24.9 Å². The topological polar surface area (TPSA) is 85.2 Å². The largest absolute Gasteiger partial charge is 0.337 e. The Kier molecular flexibility index (Phi) is 3.50. The number of nitrogens with two attached hydrogens (primary N) is 1. The predicted molar refractivity (Wildman–Crippen MR) is 72.6 cm³/mol. The molecule has 2 fully saturated rings. The van der Waals surface area contributed by atoms with Crippen LogP contribution in [0.1, 0.15) is 69.6 Å². The Labute approximate surface area is 118 Å². The first-order chi connectivity index (χ1) is 9.64. The van der Waals surface area contributed by atoms with Gasteiger partial charge in [-0.25, -0.2) is 0 Å². The fourth-order valence-electron chi connectivity index (χ4n) is 3.33. The Morgan fingerprint density at radius 3 is 2.75 bits per heavy atom. The lowest BCUT2D eigenvalue weighted by Crippen LogP contribution is -2.34. The number of hydrogen-bond acceptors (Lipinski definition) is 5. The summed E-state index contributed by atoms with van der Waals surface area (Å²) in [4.78, 5) is 18.3. The van der Waals surface area contributed by atoms with Crippen LogP contribution in [0, 0.1) is 0 Å². The van der Waals surface area contributed by atoms with Gasteiger partial charge >= 0.3 is 0 Å². The quantitative estimate of drug-likeness (QED) is 0.908. The van der Waals surface area contributed by atoms with E-state index in [4.69, 9.17) is 10.3 Å². The molecule has 2 aliphatic rings. The smallest absolute Gasteiger partial charge is 0.249 e. The van der Waals surface area contributed by atoms with Crippen molar-refractivity contribution in [2.24, 2.45) is 5.73 Å². The molecule has 1 aliphatic heterocycles. The van der Waals surface area contributed by atoms with Crippen molar-refractivity contribution < 1.29 is 9.32 Å². The third-order valence-corrected chi connectivity index (χ3v) is 4.54. The van der Waals surface area contributed by atoms with Crippen molar-refractivity contribution in [1.82, 2.24) is 15.0 Å². The van der Waals surface area contributed by atoms with Crippen molar-refractivity contribution in [3.63, 3.8) is 0 Å². The Balaban J connectivity index is 1.82. The first-order valence-corrected chi connectivity index (χ1v) is 7.56. The summed E-state index contributed by atoms with van der Waals surface area (Å²) in [6, 6.07) is -0.101. The van der Waals surface area contributed by atoms with Crippen LogP contribution in [0.2, 0.25) is 0 Å². The summed E-state index contributed by atoms with van der Waals surface area (Å²) in [5.41, 5.74) is 5.92. The number of hydrogen-bond donors (Lipinski definition) is 1. The van der Waals surface area contributed by atoms with E-state index in [1.165, 1.54) is 0 Å². The zero-order chi connectivity index (χ0) is 14.2. The van der Waals surface area contributed by atoms with E-state index in [1.807, 2.05) is 11.8 Å². The molecule has 1 unspecified atom stereocenters. The van der Waals surface area contributed by atoms with Crippen LogP contribution < -0.4 is 5.73 Å². The van der Waals surface area contributed by atoms with Crippen molar-refractivity contribution in [3.05, 3.63) is 11.7 Å². The molecule has 110 valence electrons. The second-order valence-electron chi connectivity index (χ2n) is 5.93. The van der Waals surface area contributed by atoms with Gasteiger partial charge in [-0.15, -0.1) is 0 Å². The SMILES string of the molecule is CCC(c1nc(C2(N)CCCC2)no1)N1CCCC1=O. The number of carbonyl (C=O) groups is 1. The van der Waals surface area contributed by atoms with Gasteiger partial charge in [0.15, 0.2) is 5.82 Å². The molecule has 1 amide bonds. The van der Waals surface area contributed by atoms with E-state index >= 15 is 0 Å². The lowest BCUT2D eigenvalue weighted by molar-refractivity contribution is -0.130. The summed E-state index contributed by atoms with van der Waals surface area (Å²) >= 11 is 0. The molecule has 1 saturated carbocycles.